The molecule has 1 amide bonds. The second-order valence-electron chi connectivity index (χ2n) is 4.62. The molecule has 0 saturated heterocycles. The zero-order valence-electron chi connectivity index (χ0n) is 11.1. The lowest BCUT2D eigenvalue weighted by atomic mass is 10.1. The molecule has 1 aliphatic heterocycles. The number of hydrogen-bond donors (Lipinski definition) is 1. The van der Waals surface area contributed by atoms with E-state index in [-0.39, 0.29) is 12.6 Å². The Morgan fingerprint density at radius 3 is 2.84 bits per heavy atom. The van der Waals surface area contributed by atoms with Crippen LogP contribution in [0.3, 0.4) is 0 Å². The molecule has 0 aliphatic carbocycles. The smallest absolute Gasteiger partial charge is 0.332 e. The van der Waals surface area contributed by atoms with Gasteiger partial charge in [-0.1, -0.05) is 18.2 Å². The number of fused-ring (bicyclic) bond motifs is 1. The van der Waals surface area contributed by atoms with Crippen LogP contribution in [-0.2, 0) is 20.7 Å². The Morgan fingerprint density at radius 2 is 2.16 bits per heavy atom. The van der Waals surface area contributed by atoms with Gasteiger partial charge in [-0.3, -0.25) is 4.79 Å². The quantitative estimate of drug-likeness (QED) is 0.647. The molecule has 2 atom stereocenters. The summed E-state index contributed by atoms with van der Waals surface area (Å²) in [5.74, 6) is -1.08. The van der Waals surface area contributed by atoms with Crippen LogP contribution in [0.15, 0.2) is 24.3 Å². The molecule has 2 N–H and O–H groups in total. The van der Waals surface area contributed by atoms with Crippen LogP contribution in [0.2, 0.25) is 0 Å². The van der Waals surface area contributed by atoms with E-state index in [1.54, 1.807) is 11.8 Å². The number of nitrogens with zero attached hydrogens (tertiary/aromatic N) is 1. The van der Waals surface area contributed by atoms with E-state index in [9.17, 15) is 9.59 Å². The van der Waals surface area contributed by atoms with E-state index in [2.05, 4.69) is 0 Å². The van der Waals surface area contributed by atoms with Crippen LogP contribution in [0.25, 0.3) is 0 Å². The number of carbonyl (C=O) groups is 2. The van der Waals surface area contributed by atoms with Gasteiger partial charge in [0.1, 0.15) is 0 Å². The van der Waals surface area contributed by atoms with Gasteiger partial charge in [0.25, 0.3) is 5.91 Å². The van der Waals surface area contributed by atoms with Crippen LogP contribution < -0.4 is 10.6 Å². The molecule has 0 aromatic heterocycles. The number of hydrogen-bond acceptors (Lipinski definition) is 4. The fraction of sp³-hybridized carbons (Fsp3) is 0.429. The second-order valence-corrected chi connectivity index (χ2v) is 4.62. The fourth-order valence-corrected chi connectivity index (χ4v) is 2.38. The molecular formula is C14H18N2O3. The third-order valence-corrected chi connectivity index (χ3v) is 3.25. The normalized spacial score (nSPS) is 18.9. The Morgan fingerprint density at radius 1 is 1.47 bits per heavy atom. The maximum atomic E-state index is 12.3. The molecule has 102 valence electrons. The molecule has 1 aliphatic rings. The van der Waals surface area contributed by atoms with Crippen LogP contribution in [0.5, 0.6) is 0 Å². The standard InChI is InChI=1S/C14H18N2O3/c1-3-19-14(18)12(15)13(17)16-9(2)8-10-6-4-5-7-11(10)16/h4-7,9,12H,3,8,15H2,1-2H3. The third-order valence-electron chi connectivity index (χ3n) is 3.25. The first-order valence-corrected chi connectivity index (χ1v) is 6.39. The molecule has 0 radical (unpaired) electrons. The van der Waals surface area contributed by atoms with Crippen LogP contribution >= 0.6 is 0 Å². The number of benzene rings is 1. The number of para-hydroxylation sites is 1. The first kappa shape index (κ1) is 13.5. The van der Waals surface area contributed by atoms with Crippen molar-refractivity contribution in [3.63, 3.8) is 0 Å². The van der Waals surface area contributed by atoms with Gasteiger partial charge in [0.15, 0.2) is 6.04 Å². The van der Waals surface area contributed by atoms with Crippen molar-refractivity contribution >= 4 is 17.6 Å². The van der Waals surface area contributed by atoms with Gasteiger partial charge in [-0.15, -0.1) is 0 Å². The molecule has 2 rings (SSSR count). The van der Waals surface area contributed by atoms with Crippen molar-refractivity contribution in [3.05, 3.63) is 29.8 Å². The summed E-state index contributed by atoms with van der Waals surface area (Å²) >= 11 is 0. The van der Waals surface area contributed by atoms with Crippen molar-refractivity contribution in [2.45, 2.75) is 32.4 Å². The lowest BCUT2D eigenvalue weighted by Gasteiger charge is -2.25. The first-order chi connectivity index (χ1) is 9.06. The Hall–Kier alpha value is -1.88. The van der Waals surface area contributed by atoms with Gasteiger partial charge < -0.3 is 15.4 Å². The molecule has 1 aromatic carbocycles. The summed E-state index contributed by atoms with van der Waals surface area (Å²) < 4.78 is 4.80. The molecule has 5 heteroatoms. The van der Waals surface area contributed by atoms with E-state index in [4.69, 9.17) is 10.5 Å². The summed E-state index contributed by atoms with van der Waals surface area (Å²) in [5.41, 5.74) is 7.61. The van der Waals surface area contributed by atoms with Crippen molar-refractivity contribution in [2.75, 3.05) is 11.5 Å². The van der Waals surface area contributed by atoms with E-state index < -0.39 is 17.9 Å². The summed E-state index contributed by atoms with van der Waals surface area (Å²) in [7, 11) is 0. The van der Waals surface area contributed by atoms with Gasteiger partial charge in [-0.25, -0.2) is 4.79 Å². The average Bonchev–Trinajstić information content (AvgIpc) is 2.73. The lowest BCUT2D eigenvalue weighted by Crippen LogP contribution is -2.50. The van der Waals surface area contributed by atoms with E-state index in [1.807, 2.05) is 31.2 Å². The van der Waals surface area contributed by atoms with E-state index >= 15 is 0 Å². The van der Waals surface area contributed by atoms with E-state index in [0.717, 1.165) is 17.7 Å². The van der Waals surface area contributed by atoms with Gasteiger partial charge in [0.05, 0.1) is 6.61 Å². The maximum absolute atomic E-state index is 12.3. The van der Waals surface area contributed by atoms with Crippen molar-refractivity contribution < 1.29 is 14.3 Å². The van der Waals surface area contributed by atoms with Crippen molar-refractivity contribution in [3.8, 4) is 0 Å². The summed E-state index contributed by atoms with van der Waals surface area (Å²) in [5, 5.41) is 0. The maximum Gasteiger partial charge on any atom is 0.332 e. The van der Waals surface area contributed by atoms with E-state index in [1.165, 1.54) is 0 Å². The predicted octanol–water partition coefficient (Wildman–Crippen LogP) is 0.855. The molecule has 5 nitrogen and oxygen atoms in total. The zero-order valence-corrected chi connectivity index (χ0v) is 11.1. The highest BCUT2D eigenvalue weighted by atomic mass is 16.5. The monoisotopic (exact) mass is 262 g/mol. The summed E-state index contributed by atoms with van der Waals surface area (Å²) in [6.07, 6.45) is 0.775. The van der Waals surface area contributed by atoms with Gasteiger partial charge in [-0.05, 0) is 31.9 Å². The molecular weight excluding hydrogens is 244 g/mol. The van der Waals surface area contributed by atoms with Crippen molar-refractivity contribution in [1.29, 1.82) is 0 Å². The Labute approximate surface area is 112 Å². The third kappa shape index (κ3) is 2.46. The summed E-state index contributed by atoms with van der Waals surface area (Å²) in [6.45, 7) is 3.84. The summed E-state index contributed by atoms with van der Waals surface area (Å²) in [6, 6.07) is 6.40. The van der Waals surface area contributed by atoms with Crippen LogP contribution in [0.4, 0.5) is 5.69 Å². The topological polar surface area (TPSA) is 72.6 Å². The minimum atomic E-state index is -1.26. The number of esters is 1. The minimum absolute atomic E-state index is 0.00498. The average molecular weight is 262 g/mol. The highest BCUT2D eigenvalue weighted by Crippen LogP contribution is 2.32. The van der Waals surface area contributed by atoms with Gasteiger partial charge in [0.2, 0.25) is 0 Å². The van der Waals surface area contributed by atoms with Gasteiger partial charge in [0, 0.05) is 11.7 Å². The number of carbonyl (C=O) groups excluding carboxylic acids is 2. The van der Waals surface area contributed by atoms with Gasteiger partial charge >= 0.3 is 5.97 Å². The zero-order chi connectivity index (χ0) is 14.0. The first-order valence-electron chi connectivity index (χ1n) is 6.39. The molecule has 19 heavy (non-hydrogen) atoms. The molecule has 0 saturated carbocycles. The molecule has 0 bridgehead atoms. The minimum Gasteiger partial charge on any atom is -0.464 e. The second kappa shape index (κ2) is 5.40. The van der Waals surface area contributed by atoms with Gasteiger partial charge in [-0.2, -0.15) is 0 Å². The number of anilines is 1. The van der Waals surface area contributed by atoms with Crippen LogP contribution in [-0.4, -0.2) is 30.6 Å². The number of amides is 1. The number of rotatable bonds is 3. The summed E-state index contributed by atoms with van der Waals surface area (Å²) in [4.78, 5) is 25.5. The largest absolute Gasteiger partial charge is 0.464 e. The Kier molecular flexibility index (Phi) is 3.85. The lowest BCUT2D eigenvalue weighted by molar-refractivity contribution is -0.147. The molecule has 0 fully saturated rings. The predicted molar refractivity (Wildman–Crippen MR) is 71.7 cm³/mol. The molecule has 0 spiro atoms. The fourth-order valence-electron chi connectivity index (χ4n) is 2.38. The van der Waals surface area contributed by atoms with E-state index in [0.29, 0.717) is 0 Å². The highest BCUT2D eigenvalue weighted by Gasteiger charge is 2.36. The molecule has 1 aromatic rings. The highest BCUT2D eigenvalue weighted by molar-refractivity contribution is 6.10. The number of ether oxygens (including phenoxy) is 1. The number of nitrogens with two attached hydrogens (primary N) is 1. The van der Waals surface area contributed by atoms with Crippen molar-refractivity contribution in [1.82, 2.24) is 0 Å². The SMILES string of the molecule is CCOC(=O)C(N)C(=O)N1c2ccccc2CC1C. The Bertz CT molecular complexity index is 501. The van der Waals surface area contributed by atoms with Crippen LogP contribution in [0, 0.1) is 0 Å². The molecule has 2 unspecified atom stereocenters. The Balaban J connectivity index is 2.22. The van der Waals surface area contributed by atoms with Crippen LogP contribution in [0.1, 0.15) is 19.4 Å². The molecule has 1 heterocycles. The van der Waals surface area contributed by atoms with Crippen molar-refractivity contribution in [2.24, 2.45) is 5.73 Å².